The molecule has 28 heavy (non-hydrogen) atoms. The van der Waals surface area contributed by atoms with E-state index in [1.165, 1.54) is 11.8 Å². The van der Waals surface area contributed by atoms with Crippen molar-refractivity contribution in [3.63, 3.8) is 0 Å². The van der Waals surface area contributed by atoms with Crippen molar-refractivity contribution in [2.24, 2.45) is 7.05 Å². The molecule has 1 atom stereocenters. The quantitative estimate of drug-likeness (QED) is 0.375. The number of nitrogens with one attached hydrogen (secondary N) is 1. The van der Waals surface area contributed by atoms with Crippen LogP contribution >= 0.6 is 11.8 Å². The minimum atomic E-state index is -0.292. The van der Waals surface area contributed by atoms with Crippen molar-refractivity contribution in [1.82, 2.24) is 14.9 Å². The predicted molar refractivity (Wildman–Crippen MR) is 113 cm³/mol. The number of rotatable bonds is 10. The van der Waals surface area contributed by atoms with E-state index in [0.29, 0.717) is 42.4 Å². The maximum absolute atomic E-state index is 12.9. The number of benzene rings is 1. The van der Waals surface area contributed by atoms with E-state index < -0.39 is 0 Å². The molecule has 0 saturated heterocycles. The molecule has 0 bridgehead atoms. The Morgan fingerprint density at radius 3 is 2.68 bits per heavy atom. The molecule has 1 amide bonds. The van der Waals surface area contributed by atoms with E-state index in [2.05, 4.69) is 10.3 Å². The van der Waals surface area contributed by atoms with Gasteiger partial charge in [-0.2, -0.15) is 0 Å². The van der Waals surface area contributed by atoms with Crippen molar-refractivity contribution in [2.45, 2.75) is 43.5 Å². The van der Waals surface area contributed by atoms with Crippen LogP contribution in [0.5, 0.6) is 0 Å². The lowest BCUT2D eigenvalue weighted by molar-refractivity contribution is -0.120. The van der Waals surface area contributed by atoms with E-state index in [0.717, 1.165) is 12.0 Å². The van der Waals surface area contributed by atoms with Crippen LogP contribution in [0.1, 0.15) is 36.6 Å². The number of carbonyl (C=O) groups excluding carboxylic acids is 1. The third-order valence-corrected chi connectivity index (χ3v) is 5.78. The standard InChI is InChI=1S/C21H29N3O3S/c1-5-9-18(19(25)22-12-13-27-4)28-21-23-15(2)17(20(26)24(21)3)14-16-10-7-6-8-11-16/h6-8,10-11,18H,5,9,12-14H2,1-4H3,(H,22,25). The SMILES string of the molecule is CCCC(Sc1nc(C)c(Cc2ccccc2)c(=O)n1C)C(=O)NCCOC. The van der Waals surface area contributed by atoms with Gasteiger partial charge in [-0.25, -0.2) is 4.98 Å². The fourth-order valence-corrected chi connectivity index (χ4v) is 4.09. The maximum atomic E-state index is 12.9. The molecule has 1 heterocycles. The minimum absolute atomic E-state index is 0.0517. The fraction of sp³-hybridized carbons (Fsp3) is 0.476. The first kappa shape index (κ1) is 22.2. The first-order chi connectivity index (χ1) is 13.5. The number of ether oxygens (including phenoxy) is 1. The van der Waals surface area contributed by atoms with E-state index in [1.54, 1.807) is 18.7 Å². The summed E-state index contributed by atoms with van der Waals surface area (Å²) in [6.45, 7) is 4.84. The molecule has 0 aliphatic heterocycles. The van der Waals surface area contributed by atoms with Crippen LogP contribution in [0.4, 0.5) is 0 Å². The molecule has 1 aromatic carbocycles. The van der Waals surface area contributed by atoms with Crippen molar-refractivity contribution in [3.05, 3.63) is 57.5 Å². The molecular weight excluding hydrogens is 374 g/mol. The third kappa shape index (κ3) is 5.94. The monoisotopic (exact) mass is 403 g/mol. The van der Waals surface area contributed by atoms with Crippen molar-refractivity contribution < 1.29 is 9.53 Å². The van der Waals surface area contributed by atoms with Gasteiger partial charge in [-0.1, -0.05) is 55.4 Å². The van der Waals surface area contributed by atoms with Crippen LogP contribution < -0.4 is 10.9 Å². The Hall–Kier alpha value is -2.12. The summed E-state index contributed by atoms with van der Waals surface area (Å²) in [4.78, 5) is 30.1. The highest BCUT2D eigenvalue weighted by atomic mass is 32.2. The number of thioether (sulfide) groups is 1. The number of amides is 1. The molecule has 0 saturated carbocycles. The first-order valence-corrected chi connectivity index (χ1v) is 10.4. The van der Waals surface area contributed by atoms with Gasteiger partial charge < -0.3 is 10.1 Å². The topological polar surface area (TPSA) is 73.2 Å². The summed E-state index contributed by atoms with van der Waals surface area (Å²) in [6, 6.07) is 9.89. The molecule has 2 rings (SSSR count). The number of methoxy groups -OCH3 is 1. The fourth-order valence-electron chi connectivity index (χ4n) is 2.86. The second kappa shape index (κ2) is 11.0. The molecule has 6 nitrogen and oxygen atoms in total. The zero-order valence-electron chi connectivity index (χ0n) is 17.0. The first-order valence-electron chi connectivity index (χ1n) is 9.51. The van der Waals surface area contributed by atoms with Gasteiger partial charge in [-0.05, 0) is 18.9 Å². The molecular formula is C21H29N3O3S. The van der Waals surface area contributed by atoms with Crippen LogP contribution in [0, 0.1) is 6.92 Å². The average Bonchev–Trinajstić information content (AvgIpc) is 2.69. The summed E-state index contributed by atoms with van der Waals surface area (Å²) < 4.78 is 6.54. The smallest absolute Gasteiger partial charge is 0.257 e. The van der Waals surface area contributed by atoms with Gasteiger partial charge in [0, 0.05) is 38.4 Å². The molecule has 0 aliphatic rings. The number of nitrogens with zero attached hydrogens (tertiary/aromatic N) is 2. The van der Waals surface area contributed by atoms with Gasteiger partial charge in [-0.15, -0.1) is 0 Å². The zero-order valence-corrected chi connectivity index (χ0v) is 17.8. The Bertz CT molecular complexity index is 837. The van der Waals surface area contributed by atoms with Gasteiger partial charge in [0.15, 0.2) is 5.16 Å². The molecule has 0 radical (unpaired) electrons. The van der Waals surface area contributed by atoms with Crippen molar-refractivity contribution in [2.75, 3.05) is 20.3 Å². The highest BCUT2D eigenvalue weighted by Crippen LogP contribution is 2.25. The Morgan fingerprint density at radius 2 is 2.04 bits per heavy atom. The molecule has 0 fully saturated rings. The highest BCUT2D eigenvalue weighted by Gasteiger charge is 2.22. The van der Waals surface area contributed by atoms with Crippen molar-refractivity contribution >= 4 is 17.7 Å². The summed E-state index contributed by atoms with van der Waals surface area (Å²) in [5, 5.41) is 3.16. The molecule has 0 spiro atoms. The van der Waals surface area contributed by atoms with E-state index in [-0.39, 0.29) is 16.7 Å². The lowest BCUT2D eigenvalue weighted by Crippen LogP contribution is -2.35. The van der Waals surface area contributed by atoms with Gasteiger partial charge in [-0.3, -0.25) is 14.2 Å². The number of hydrogen-bond donors (Lipinski definition) is 1. The summed E-state index contributed by atoms with van der Waals surface area (Å²) >= 11 is 1.35. The Morgan fingerprint density at radius 1 is 1.32 bits per heavy atom. The second-order valence-corrected chi connectivity index (χ2v) is 7.83. The maximum Gasteiger partial charge on any atom is 0.257 e. The molecule has 2 aromatic rings. The van der Waals surface area contributed by atoms with Gasteiger partial charge >= 0.3 is 0 Å². The molecule has 1 unspecified atom stereocenters. The second-order valence-electron chi connectivity index (χ2n) is 6.66. The van der Waals surface area contributed by atoms with Gasteiger partial charge in [0.05, 0.1) is 11.9 Å². The number of aryl methyl sites for hydroxylation is 1. The van der Waals surface area contributed by atoms with E-state index in [9.17, 15) is 9.59 Å². The lowest BCUT2D eigenvalue weighted by atomic mass is 10.1. The van der Waals surface area contributed by atoms with Crippen LogP contribution in [0.3, 0.4) is 0 Å². The molecule has 7 heteroatoms. The normalized spacial score (nSPS) is 12.0. The summed E-state index contributed by atoms with van der Waals surface area (Å²) in [7, 11) is 3.32. The summed E-state index contributed by atoms with van der Waals surface area (Å²) in [6.07, 6.45) is 2.13. The van der Waals surface area contributed by atoms with Crippen molar-refractivity contribution in [1.29, 1.82) is 0 Å². The third-order valence-electron chi connectivity index (χ3n) is 4.47. The summed E-state index contributed by atoms with van der Waals surface area (Å²) in [5.41, 5.74) is 2.42. The minimum Gasteiger partial charge on any atom is -0.383 e. The molecule has 1 N–H and O–H groups in total. The van der Waals surface area contributed by atoms with Crippen LogP contribution in [0.2, 0.25) is 0 Å². The largest absolute Gasteiger partial charge is 0.383 e. The Balaban J connectivity index is 2.22. The van der Waals surface area contributed by atoms with Gasteiger partial charge in [0.2, 0.25) is 5.91 Å². The zero-order chi connectivity index (χ0) is 20.5. The Labute approximate surface area is 170 Å². The van der Waals surface area contributed by atoms with Crippen LogP contribution in [0.25, 0.3) is 0 Å². The molecule has 152 valence electrons. The van der Waals surface area contributed by atoms with E-state index >= 15 is 0 Å². The molecule has 0 aliphatic carbocycles. The van der Waals surface area contributed by atoms with E-state index in [1.807, 2.05) is 44.2 Å². The average molecular weight is 404 g/mol. The number of aromatic nitrogens is 2. The van der Waals surface area contributed by atoms with Crippen molar-refractivity contribution in [3.8, 4) is 0 Å². The van der Waals surface area contributed by atoms with Gasteiger partial charge in [0.1, 0.15) is 0 Å². The van der Waals surface area contributed by atoms with Crippen LogP contribution in [-0.2, 0) is 23.0 Å². The highest BCUT2D eigenvalue weighted by molar-refractivity contribution is 8.00. The Kier molecular flexibility index (Phi) is 8.73. The lowest BCUT2D eigenvalue weighted by Gasteiger charge is -2.18. The van der Waals surface area contributed by atoms with Gasteiger partial charge in [0.25, 0.3) is 5.56 Å². The van der Waals surface area contributed by atoms with E-state index in [4.69, 9.17) is 4.74 Å². The summed E-state index contributed by atoms with van der Waals surface area (Å²) in [5.74, 6) is -0.0517. The number of hydrogen-bond acceptors (Lipinski definition) is 5. The predicted octanol–water partition coefficient (Wildman–Crippen LogP) is 2.70. The van der Waals surface area contributed by atoms with Crippen LogP contribution in [-0.4, -0.2) is 41.0 Å². The molecule has 1 aromatic heterocycles. The van der Waals surface area contributed by atoms with Crippen LogP contribution in [0.15, 0.2) is 40.3 Å². The number of carbonyl (C=O) groups is 1.